The Morgan fingerprint density at radius 2 is 0.935 bits per heavy atom. The maximum Gasteiger partial charge on any atom is 4.00 e. The van der Waals surface area contributed by atoms with Gasteiger partial charge in [-0.1, -0.05) is 24.3 Å². The number of hydrogen-bond acceptors (Lipinski definition) is 0. The van der Waals surface area contributed by atoms with Crippen molar-refractivity contribution in [2.75, 3.05) is 0 Å². The zero-order valence-corrected chi connectivity index (χ0v) is 22.0. The van der Waals surface area contributed by atoms with Crippen LogP contribution in [0.5, 0.6) is 0 Å². The van der Waals surface area contributed by atoms with Crippen LogP contribution in [0.3, 0.4) is 0 Å². The number of halogens is 2. The Morgan fingerprint density at radius 3 is 1.32 bits per heavy atom. The monoisotopic (exact) mass is 524 g/mol. The molecule has 0 unspecified atom stereocenters. The first-order valence-corrected chi connectivity index (χ1v) is 9.75. The van der Waals surface area contributed by atoms with Crippen LogP contribution in [0.4, 0.5) is 0 Å². The smallest absolute Gasteiger partial charge is 1.00 e. The molecule has 6 rings (SSSR count). The van der Waals surface area contributed by atoms with Gasteiger partial charge >= 0.3 is 26.2 Å². The van der Waals surface area contributed by atoms with Crippen molar-refractivity contribution in [1.29, 1.82) is 0 Å². The van der Waals surface area contributed by atoms with Crippen LogP contribution in [-0.4, -0.2) is 9.13 Å². The summed E-state index contributed by atoms with van der Waals surface area (Å²) < 4.78 is 4.49. The number of hydrogen-bond donors (Lipinski definition) is 0. The van der Waals surface area contributed by atoms with E-state index in [1.165, 1.54) is 54.7 Å². The van der Waals surface area contributed by atoms with Crippen LogP contribution in [0.1, 0.15) is 11.4 Å². The fourth-order valence-corrected chi connectivity index (χ4v) is 4.31. The Labute approximate surface area is 214 Å². The van der Waals surface area contributed by atoms with Crippen molar-refractivity contribution >= 4 is 43.4 Å². The first-order valence-electron chi connectivity index (χ1n) is 9.75. The Balaban J connectivity index is 0.000000201. The van der Waals surface area contributed by atoms with Gasteiger partial charge in [0.15, 0.2) is 0 Å². The molecule has 5 heteroatoms. The Bertz CT molecular complexity index is 1350. The van der Waals surface area contributed by atoms with Gasteiger partial charge in [-0.15, -0.1) is 80.8 Å². The number of aryl methyl sites for hydroxylation is 4. The quantitative estimate of drug-likeness (QED) is 0.258. The van der Waals surface area contributed by atoms with E-state index in [0.29, 0.717) is 0 Å². The van der Waals surface area contributed by atoms with E-state index >= 15 is 0 Å². The molecule has 0 aliphatic heterocycles. The van der Waals surface area contributed by atoms with Gasteiger partial charge in [-0.25, -0.2) is 0 Å². The van der Waals surface area contributed by atoms with Crippen molar-refractivity contribution in [2.45, 2.75) is 13.8 Å². The van der Waals surface area contributed by atoms with E-state index in [4.69, 9.17) is 0 Å². The molecule has 31 heavy (non-hydrogen) atoms. The van der Waals surface area contributed by atoms with E-state index in [0.717, 1.165) is 0 Å². The molecule has 0 N–H and O–H groups in total. The third-order valence-electron chi connectivity index (χ3n) is 6.13. The van der Waals surface area contributed by atoms with Gasteiger partial charge in [-0.05, 0) is 24.9 Å². The van der Waals surface area contributed by atoms with Gasteiger partial charge in [0, 0.05) is 25.5 Å². The summed E-state index contributed by atoms with van der Waals surface area (Å²) in [5.74, 6) is 0. The molecule has 0 fully saturated rings. The van der Waals surface area contributed by atoms with E-state index in [1.807, 2.05) is 0 Å². The average Bonchev–Trinajstić information content (AvgIpc) is 3.40. The molecule has 4 aromatic carbocycles. The predicted molar refractivity (Wildman–Crippen MR) is 122 cm³/mol. The van der Waals surface area contributed by atoms with Gasteiger partial charge in [0.2, 0.25) is 0 Å². The first kappa shape index (κ1) is 25.5. The third-order valence-corrected chi connectivity index (χ3v) is 6.13. The summed E-state index contributed by atoms with van der Waals surface area (Å²) in [7, 11) is 4.24. The minimum atomic E-state index is 0. The first-order chi connectivity index (χ1) is 13.5. The van der Waals surface area contributed by atoms with Crippen molar-refractivity contribution < 1.29 is 51.0 Å². The molecule has 0 atom stereocenters. The standard InChI is InChI=1S/2C13H12N.2ClH.Zr/c2*1-9-7-12-11-6-4-3-5-10(11)8-13(12)14(9)2;;;/h2*3-8H,1-2H3;2*1H;/q2*-1;;;+4/p-2. The van der Waals surface area contributed by atoms with Crippen molar-refractivity contribution in [2.24, 2.45) is 14.1 Å². The molecule has 2 nitrogen and oxygen atoms in total. The van der Waals surface area contributed by atoms with E-state index in [2.05, 4.69) is 110 Å². The summed E-state index contributed by atoms with van der Waals surface area (Å²) in [5.41, 5.74) is 5.31. The van der Waals surface area contributed by atoms with Crippen molar-refractivity contribution in [3.05, 3.63) is 84.2 Å². The zero-order chi connectivity index (χ0) is 19.4. The van der Waals surface area contributed by atoms with Crippen LogP contribution < -0.4 is 24.8 Å². The van der Waals surface area contributed by atoms with Crippen molar-refractivity contribution in [1.82, 2.24) is 9.13 Å². The molecule has 0 aliphatic rings. The molecule has 0 amide bonds. The minimum Gasteiger partial charge on any atom is -1.00 e. The van der Waals surface area contributed by atoms with Crippen molar-refractivity contribution in [3.63, 3.8) is 0 Å². The number of nitrogens with zero attached hydrogens (tertiary/aromatic N) is 2. The van der Waals surface area contributed by atoms with Gasteiger partial charge in [0.1, 0.15) is 0 Å². The molecular formula is C26H24Cl2N2Zr. The molecule has 156 valence electrons. The van der Waals surface area contributed by atoms with E-state index < -0.39 is 0 Å². The summed E-state index contributed by atoms with van der Waals surface area (Å²) in [6.45, 7) is 4.30. The summed E-state index contributed by atoms with van der Waals surface area (Å²) >= 11 is 0. The summed E-state index contributed by atoms with van der Waals surface area (Å²) in [4.78, 5) is 0. The second-order valence-electron chi connectivity index (χ2n) is 7.75. The van der Waals surface area contributed by atoms with Gasteiger partial charge in [0.25, 0.3) is 0 Å². The van der Waals surface area contributed by atoms with E-state index in [1.54, 1.807) is 0 Å². The molecule has 6 aromatic rings. The van der Waals surface area contributed by atoms with Crippen LogP contribution in [0.15, 0.2) is 72.8 Å². The third kappa shape index (κ3) is 4.16. The Morgan fingerprint density at radius 1 is 0.581 bits per heavy atom. The van der Waals surface area contributed by atoms with Gasteiger partial charge < -0.3 is 33.9 Å². The van der Waals surface area contributed by atoms with E-state index in [-0.39, 0.29) is 51.0 Å². The Kier molecular flexibility index (Phi) is 8.03. The minimum absolute atomic E-state index is 0. The predicted octanol–water partition coefficient (Wildman–Crippen LogP) is 0.723. The summed E-state index contributed by atoms with van der Waals surface area (Å²) in [6, 6.07) is 26.2. The molecule has 2 heterocycles. The molecule has 0 spiro atoms. The number of fused-ring (bicyclic) bond motifs is 6. The molecule has 0 saturated carbocycles. The maximum atomic E-state index is 2.26. The second kappa shape index (κ2) is 9.78. The SMILES string of the molecule is Cc1cc2c3ccccc3[cH-]c2n1C.Cc1cc2c3ccccc3[cH-]c2n1C.[Cl-].[Cl-].[Zr+4]. The average molecular weight is 527 g/mol. The largest absolute Gasteiger partial charge is 4.00 e. The molecule has 0 aliphatic carbocycles. The van der Waals surface area contributed by atoms with Crippen molar-refractivity contribution in [3.8, 4) is 0 Å². The van der Waals surface area contributed by atoms with Gasteiger partial charge in [0.05, 0.1) is 0 Å². The fraction of sp³-hybridized carbons (Fsp3) is 0.154. The summed E-state index contributed by atoms with van der Waals surface area (Å²) in [5, 5.41) is 8.17. The van der Waals surface area contributed by atoms with Crippen LogP contribution in [-0.2, 0) is 40.3 Å². The molecular weight excluding hydrogens is 502 g/mol. The van der Waals surface area contributed by atoms with E-state index in [9.17, 15) is 0 Å². The van der Waals surface area contributed by atoms with Gasteiger partial charge in [-0.3, -0.25) is 0 Å². The maximum absolute atomic E-state index is 2.26. The normalized spacial score (nSPS) is 10.5. The number of benzene rings is 2. The molecule has 0 bridgehead atoms. The number of rotatable bonds is 0. The van der Waals surface area contributed by atoms with Crippen LogP contribution in [0.25, 0.3) is 43.4 Å². The molecule has 2 aromatic heterocycles. The topological polar surface area (TPSA) is 9.86 Å². The number of aromatic nitrogens is 2. The van der Waals surface area contributed by atoms with Crippen LogP contribution in [0.2, 0.25) is 0 Å². The molecule has 0 saturated heterocycles. The van der Waals surface area contributed by atoms with Crippen LogP contribution in [0, 0.1) is 13.8 Å². The molecule has 0 radical (unpaired) electrons. The van der Waals surface area contributed by atoms with Crippen LogP contribution >= 0.6 is 0 Å². The summed E-state index contributed by atoms with van der Waals surface area (Å²) in [6.07, 6.45) is 0. The fourth-order valence-electron chi connectivity index (χ4n) is 4.31. The Hall–Kier alpha value is -1.80. The second-order valence-corrected chi connectivity index (χ2v) is 7.75. The van der Waals surface area contributed by atoms with Gasteiger partial charge in [-0.2, -0.15) is 0 Å². The zero-order valence-electron chi connectivity index (χ0n) is 18.1.